The minimum atomic E-state index is 0.366. The van der Waals surface area contributed by atoms with E-state index >= 15 is 0 Å². The first-order valence-electron chi connectivity index (χ1n) is 7.87. The molecule has 0 atom stereocenters. The largest absolute Gasteiger partial charge is 0.494 e. The van der Waals surface area contributed by atoms with Crippen molar-refractivity contribution < 1.29 is 9.26 Å². The number of ether oxygens (including phenoxy) is 1. The molecule has 3 heterocycles. The Morgan fingerprint density at radius 2 is 1.96 bits per heavy atom. The number of hydrogen-bond donors (Lipinski definition) is 1. The summed E-state index contributed by atoms with van der Waals surface area (Å²) < 4.78 is 10.8. The molecule has 0 amide bonds. The molecule has 1 aromatic carbocycles. The highest BCUT2D eigenvalue weighted by Crippen LogP contribution is 2.25. The molecular formula is C18H15N5O2. The minimum absolute atomic E-state index is 0.366. The van der Waals surface area contributed by atoms with E-state index in [1.165, 1.54) is 0 Å². The summed E-state index contributed by atoms with van der Waals surface area (Å²) in [6, 6.07) is 15.1. The van der Waals surface area contributed by atoms with Crippen molar-refractivity contribution in [3.05, 3.63) is 54.7 Å². The molecule has 0 saturated carbocycles. The fraction of sp³-hybridized carbons (Fsp3) is 0.111. The Balaban J connectivity index is 1.58. The van der Waals surface area contributed by atoms with Gasteiger partial charge in [0.2, 0.25) is 5.82 Å². The summed E-state index contributed by atoms with van der Waals surface area (Å²) in [6.45, 7) is 2.60. The summed E-state index contributed by atoms with van der Waals surface area (Å²) in [4.78, 5) is 8.57. The second kappa shape index (κ2) is 6.56. The van der Waals surface area contributed by atoms with Gasteiger partial charge in [-0.05, 0) is 49.4 Å². The maximum Gasteiger partial charge on any atom is 0.276 e. The standard InChI is InChI=1S/C18H15N5O2/c1-2-24-13-8-6-12(7-9-13)15-11-16(22-21-15)18-20-17(23-25-18)14-5-3-4-10-19-14/h3-11H,2H2,1H3,(H,21,22). The molecule has 0 aliphatic rings. The number of hydrogen-bond acceptors (Lipinski definition) is 6. The van der Waals surface area contributed by atoms with E-state index < -0.39 is 0 Å². The van der Waals surface area contributed by atoms with Gasteiger partial charge in [-0.2, -0.15) is 10.1 Å². The van der Waals surface area contributed by atoms with Crippen LogP contribution in [-0.2, 0) is 0 Å². The Labute approximate surface area is 143 Å². The van der Waals surface area contributed by atoms with Crippen molar-refractivity contribution in [1.82, 2.24) is 25.3 Å². The van der Waals surface area contributed by atoms with Gasteiger partial charge in [-0.3, -0.25) is 10.1 Å². The highest BCUT2D eigenvalue weighted by molar-refractivity contribution is 5.65. The summed E-state index contributed by atoms with van der Waals surface area (Å²) in [5.74, 6) is 1.64. The van der Waals surface area contributed by atoms with Crippen molar-refractivity contribution in [2.24, 2.45) is 0 Å². The average molecular weight is 333 g/mol. The number of rotatable bonds is 5. The first-order chi connectivity index (χ1) is 12.3. The summed E-state index contributed by atoms with van der Waals surface area (Å²) in [5.41, 5.74) is 3.06. The predicted molar refractivity (Wildman–Crippen MR) is 91.7 cm³/mol. The molecule has 4 rings (SSSR count). The van der Waals surface area contributed by atoms with E-state index in [-0.39, 0.29) is 0 Å². The first-order valence-corrected chi connectivity index (χ1v) is 7.87. The molecule has 0 bridgehead atoms. The van der Waals surface area contributed by atoms with Crippen LogP contribution in [0.5, 0.6) is 5.75 Å². The highest BCUT2D eigenvalue weighted by atomic mass is 16.5. The third kappa shape index (κ3) is 3.12. The van der Waals surface area contributed by atoms with Gasteiger partial charge >= 0.3 is 0 Å². The molecule has 25 heavy (non-hydrogen) atoms. The lowest BCUT2D eigenvalue weighted by molar-refractivity contribution is 0.340. The van der Waals surface area contributed by atoms with Crippen molar-refractivity contribution in [3.8, 4) is 40.1 Å². The summed E-state index contributed by atoms with van der Waals surface area (Å²) in [6.07, 6.45) is 1.69. The second-order valence-corrected chi connectivity index (χ2v) is 5.26. The van der Waals surface area contributed by atoms with Gasteiger partial charge in [-0.1, -0.05) is 11.2 Å². The van der Waals surface area contributed by atoms with E-state index in [2.05, 4.69) is 25.3 Å². The van der Waals surface area contributed by atoms with E-state index in [9.17, 15) is 0 Å². The van der Waals surface area contributed by atoms with E-state index in [1.54, 1.807) is 6.20 Å². The van der Waals surface area contributed by atoms with Gasteiger partial charge in [0.05, 0.1) is 12.3 Å². The summed E-state index contributed by atoms with van der Waals surface area (Å²) in [7, 11) is 0. The van der Waals surface area contributed by atoms with E-state index in [4.69, 9.17) is 9.26 Å². The van der Waals surface area contributed by atoms with Crippen molar-refractivity contribution in [2.75, 3.05) is 6.61 Å². The normalized spacial score (nSPS) is 10.8. The number of aromatic nitrogens is 5. The van der Waals surface area contributed by atoms with Crippen LogP contribution in [0.25, 0.3) is 34.4 Å². The zero-order valence-corrected chi connectivity index (χ0v) is 13.5. The lowest BCUT2D eigenvalue weighted by Crippen LogP contribution is -1.90. The van der Waals surface area contributed by atoms with Gasteiger partial charge in [-0.25, -0.2) is 0 Å². The molecule has 124 valence electrons. The van der Waals surface area contributed by atoms with Crippen LogP contribution in [0.15, 0.2) is 59.3 Å². The number of nitrogens with one attached hydrogen (secondary N) is 1. The SMILES string of the molecule is CCOc1ccc(-c2cc(-c3nc(-c4ccccn4)no3)[nH]n2)cc1. The minimum Gasteiger partial charge on any atom is -0.494 e. The number of benzene rings is 1. The van der Waals surface area contributed by atoms with Gasteiger partial charge < -0.3 is 9.26 Å². The van der Waals surface area contributed by atoms with Crippen LogP contribution in [0, 0.1) is 0 Å². The Hall–Kier alpha value is -3.48. The van der Waals surface area contributed by atoms with Gasteiger partial charge in [0.15, 0.2) is 0 Å². The van der Waals surface area contributed by atoms with Gasteiger partial charge in [0, 0.05) is 11.8 Å². The van der Waals surface area contributed by atoms with Crippen LogP contribution in [-0.4, -0.2) is 31.9 Å². The van der Waals surface area contributed by atoms with E-state index in [1.807, 2.05) is 55.5 Å². The molecule has 0 unspecified atom stereocenters. The van der Waals surface area contributed by atoms with Gasteiger partial charge in [-0.15, -0.1) is 0 Å². The molecular weight excluding hydrogens is 318 g/mol. The van der Waals surface area contributed by atoms with Crippen LogP contribution in [0.2, 0.25) is 0 Å². The first kappa shape index (κ1) is 15.1. The average Bonchev–Trinajstić information content (AvgIpc) is 3.33. The zero-order valence-electron chi connectivity index (χ0n) is 13.5. The number of pyridine rings is 1. The van der Waals surface area contributed by atoms with Crippen LogP contribution in [0.4, 0.5) is 0 Å². The van der Waals surface area contributed by atoms with Crippen LogP contribution in [0.1, 0.15) is 6.92 Å². The number of H-pyrrole nitrogens is 1. The van der Waals surface area contributed by atoms with Gasteiger partial charge in [0.1, 0.15) is 17.1 Å². The number of nitrogens with zero attached hydrogens (tertiary/aromatic N) is 4. The lowest BCUT2D eigenvalue weighted by atomic mass is 10.1. The Morgan fingerprint density at radius 1 is 1.08 bits per heavy atom. The molecule has 0 spiro atoms. The Kier molecular flexibility index (Phi) is 3.96. The molecule has 3 aromatic heterocycles. The van der Waals surface area contributed by atoms with Crippen LogP contribution < -0.4 is 4.74 Å². The molecule has 0 aliphatic heterocycles. The van der Waals surface area contributed by atoms with Crippen LogP contribution >= 0.6 is 0 Å². The summed E-state index contributed by atoms with van der Waals surface area (Å²) in [5, 5.41) is 11.2. The van der Waals surface area contributed by atoms with Crippen molar-refractivity contribution in [1.29, 1.82) is 0 Å². The van der Waals surface area contributed by atoms with Crippen LogP contribution in [0.3, 0.4) is 0 Å². The zero-order chi connectivity index (χ0) is 17.1. The molecule has 0 aliphatic carbocycles. The molecule has 7 heteroatoms. The highest BCUT2D eigenvalue weighted by Gasteiger charge is 2.14. The third-order valence-electron chi connectivity index (χ3n) is 3.59. The van der Waals surface area contributed by atoms with E-state index in [0.717, 1.165) is 17.0 Å². The molecule has 0 saturated heterocycles. The quantitative estimate of drug-likeness (QED) is 0.600. The van der Waals surface area contributed by atoms with Crippen molar-refractivity contribution in [2.45, 2.75) is 6.92 Å². The fourth-order valence-electron chi connectivity index (χ4n) is 2.40. The number of aromatic amines is 1. The topological polar surface area (TPSA) is 89.7 Å². The maximum atomic E-state index is 5.45. The van der Waals surface area contributed by atoms with E-state index in [0.29, 0.717) is 29.7 Å². The Bertz CT molecular complexity index is 961. The maximum absolute atomic E-state index is 5.45. The lowest BCUT2D eigenvalue weighted by Gasteiger charge is -2.02. The second-order valence-electron chi connectivity index (χ2n) is 5.26. The smallest absolute Gasteiger partial charge is 0.276 e. The van der Waals surface area contributed by atoms with Crippen molar-refractivity contribution in [3.63, 3.8) is 0 Å². The van der Waals surface area contributed by atoms with Crippen molar-refractivity contribution >= 4 is 0 Å². The third-order valence-corrected chi connectivity index (χ3v) is 3.59. The fourth-order valence-corrected chi connectivity index (χ4v) is 2.40. The molecule has 7 nitrogen and oxygen atoms in total. The Morgan fingerprint density at radius 3 is 2.72 bits per heavy atom. The predicted octanol–water partition coefficient (Wildman–Crippen LogP) is 3.59. The summed E-state index contributed by atoms with van der Waals surface area (Å²) >= 11 is 0. The monoisotopic (exact) mass is 333 g/mol. The van der Waals surface area contributed by atoms with Gasteiger partial charge in [0.25, 0.3) is 5.89 Å². The molecule has 4 aromatic rings. The molecule has 1 N–H and O–H groups in total. The molecule has 0 radical (unpaired) electrons. The molecule has 0 fully saturated rings.